The molecule has 126 valence electrons. The molecule has 3 rings (SSSR count). The van der Waals surface area contributed by atoms with Crippen LogP contribution in [-0.2, 0) is 16.1 Å². The van der Waals surface area contributed by atoms with E-state index in [4.69, 9.17) is 27.9 Å². The Kier molecular flexibility index (Phi) is 5.75. The predicted octanol–water partition coefficient (Wildman–Crippen LogP) is 5.87. The molecule has 3 aromatic rings. The molecule has 0 aliphatic carbocycles. The summed E-state index contributed by atoms with van der Waals surface area (Å²) in [6, 6.07) is 24.3. The molecule has 0 aliphatic heterocycles. The Bertz CT molecular complexity index is 789. The first kappa shape index (κ1) is 17.5. The van der Waals surface area contributed by atoms with Gasteiger partial charge in [0.25, 0.3) is 0 Å². The number of carbonyl (C=O) groups excluding carboxylic acids is 1. The molecule has 0 saturated heterocycles. The van der Waals surface area contributed by atoms with Crippen LogP contribution < -0.4 is 0 Å². The fourth-order valence-corrected chi connectivity index (χ4v) is 3.16. The molecule has 3 aromatic carbocycles. The largest absolute Gasteiger partial charge is 0.460 e. The molecule has 0 fully saturated rings. The number of halogens is 2. The zero-order chi connectivity index (χ0) is 17.6. The predicted molar refractivity (Wildman–Crippen MR) is 101 cm³/mol. The highest BCUT2D eigenvalue weighted by Gasteiger charge is 2.24. The van der Waals surface area contributed by atoms with Gasteiger partial charge in [-0.15, -0.1) is 0 Å². The lowest BCUT2D eigenvalue weighted by atomic mass is 9.91. The molecule has 0 saturated carbocycles. The zero-order valence-electron chi connectivity index (χ0n) is 13.4. The van der Waals surface area contributed by atoms with Crippen LogP contribution >= 0.6 is 23.2 Å². The number of benzene rings is 3. The van der Waals surface area contributed by atoms with Gasteiger partial charge >= 0.3 is 5.97 Å². The van der Waals surface area contributed by atoms with Crippen LogP contribution in [0, 0.1) is 0 Å². The highest BCUT2D eigenvalue weighted by Crippen LogP contribution is 2.29. The van der Waals surface area contributed by atoms with E-state index in [1.165, 1.54) is 0 Å². The molecule has 4 heteroatoms. The zero-order valence-corrected chi connectivity index (χ0v) is 14.9. The second kappa shape index (κ2) is 8.19. The van der Waals surface area contributed by atoms with Crippen LogP contribution in [0.3, 0.4) is 0 Å². The molecule has 0 atom stereocenters. The highest BCUT2D eigenvalue weighted by atomic mass is 35.5. The van der Waals surface area contributed by atoms with E-state index in [1.807, 2.05) is 60.7 Å². The van der Waals surface area contributed by atoms with Crippen molar-refractivity contribution in [2.24, 2.45) is 0 Å². The molecule has 0 aromatic heterocycles. The van der Waals surface area contributed by atoms with Gasteiger partial charge < -0.3 is 4.74 Å². The summed E-state index contributed by atoms with van der Waals surface area (Å²) in [6.45, 7) is 0.0352. The maximum Gasteiger partial charge on any atom is 0.318 e. The average molecular weight is 371 g/mol. The molecule has 0 amide bonds. The normalized spacial score (nSPS) is 10.7. The molecular formula is C21H16Cl2O2. The first-order chi connectivity index (χ1) is 12.2. The van der Waals surface area contributed by atoms with Crippen molar-refractivity contribution in [1.29, 1.82) is 0 Å². The van der Waals surface area contributed by atoms with Gasteiger partial charge in [-0.1, -0.05) is 89.9 Å². The van der Waals surface area contributed by atoms with E-state index in [1.54, 1.807) is 18.2 Å². The third-order valence-electron chi connectivity index (χ3n) is 3.92. The van der Waals surface area contributed by atoms with Gasteiger partial charge in [-0.3, -0.25) is 4.79 Å². The van der Waals surface area contributed by atoms with Gasteiger partial charge in [-0.2, -0.15) is 0 Å². The van der Waals surface area contributed by atoms with Crippen molar-refractivity contribution in [1.82, 2.24) is 0 Å². The average Bonchev–Trinajstić information content (AvgIpc) is 2.63. The van der Waals surface area contributed by atoms with Gasteiger partial charge in [0.1, 0.15) is 12.5 Å². The van der Waals surface area contributed by atoms with Gasteiger partial charge in [0, 0.05) is 15.6 Å². The van der Waals surface area contributed by atoms with Gasteiger partial charge in [0.05, 0.1) is 0 Å². The summed E-state index contributed by atoms with van der Waals surface area (Å²) in [5, 5.41) is 0.965. The molecule has 0 unspecified atom stereocenters. The topological polar surface area (TPSA) is 26.3 Å². The van der Waals surface area contributed by atoms with Crippen molar-refractivity contribution in [3.8, 4) is 0 Å². The Labute approximate surface area is 157 Å². The minimum absolute atomic E-state index is 0.0352. The summed E-state index contributed by atoms with van der Waals surface area (Å²) in [5.41, 5.74) is 2.37. The first-order valence-electron chi connectivity index (χ1n) is 7.86. The van der Waals surface area contributed by atoms with E-state index < -0.39 is 5.92 Å². The number of hydrogen-bond donors (Lipinski definition) is 0. The van der Waals surface area contributed by atoms with Crippen LogP contribution in [0.2, 0.25) is 10.0 Å². The fourth-order valence-electron chi connectivity index (χ4n) is 2.65. The smallest absolute Gasteiger partial charge is 0.318 e. The lowest BCUT2D eigenvalue weighted by molar-refractivity contribution is -0.145. The van der Waals surface area contributed by atoms with Gasteiger partial charge in [-0.05, 0) is 23.3 Å². The Hall–Kier alpha value is -2.29. The van der Waals surface area contributed by atoms with Crippen LogP contribution in [0.25, 0.3) is 0 Å². The molecule has 0 aliphatic rings. The summed E-state index contributed by atoms with van der Waals surface area (Å²) in [6.07, 6.45) is 0. The second-order valence-electron chi connectivity index (χ2n) is 5.56. The van der Waals surface area contributed by atoms with Gasteiger partial charge in [0.2, 0.25) is 0 Å². The second-order valence-corrected chi connectivity index (χ2v) is 6.38. The Morgan fingerprint density at radius 2 is 1.24 bits per heavy atom. The summed E-state index contributed by atoms with van der Waals surface area (Å²) in [5.74, 6) is -0.836. The lowest BCUT2D eigenvalue weighted by Gasteiger charge is -2.17. The molecule has 0 spiro atoms. The van der Waals surface area contributed by atoms with E-state index in [0.717, 1.165) is 11.1 Å². The van der Waals surface area contributed by atoms with Crippen molar-refractivity contribution in [3.63, 3.8) is 0 Å². The van der Waals surface area contributed by atoms with E-state index in [2.05, 4.69) is 0 Å². The van der Waals surface area contributed by atoms with Crippen molar-refractivity contribution in [2.45, 2.75) is 12.5 Å². The van der Waals surface area contributed by atoms with Crippen LogP contribution in [-0.4, -0.2) is 5.97 Å². The third kappa shape index (κ3) is 4.22. The van der Waals surface area contributed by atoms with Gasteiger partial charge in [-0.25, -0.2) is 0 Å². The monoisotopic (exact) mass is 370 g/mol. The molecule has 0 N–H and O–H groups in total. The Morgan fingerprint density at radius 3 is 1.72 bits per heavy atom. The number of carbonyl (C=O) groups is 1. The molecule has 2 nitrogen and oxygen atoms in total. The maximum absolute atomic E-state index is 12.8. The van der Waals surface area contributed by atoms with Crippen molar-refractivity contribution in [3.05, 3.63) is 106 Å². The van der Waals surface area contributed by atoms with Crippen LogP contribution in [0.5, 0.6) is 0 Å². The number of rotatable bonds is 5. The maximum atomic E-state index is 12.8. The van der Waals surface area contributed by atoms with Crippen molar-refractivity contribution < 1.29 is 9.53 Å². The van der Waals surface area contributed by atoms with E-state index in [9.17, 15) is 4.79 Å². The van der Waals surface area contributed by atoms with Crippen LogP contribution in [0.15, 0.2) is 78.9 Å². The van der Waals surface area contributed by atoms with Crippen molar-refractivity contribution >= 4 is 29.2 Å². The highest BCUT2D eigenvalue weighted by molar-refractivity contribution is 6.35. The number of ether oxygens (including phenoxy) is 1. The van der Waals surface area contributed by atoms with Crippen molar-refractivity contribution in [2.75, 3.05) is 0 Å². The summed E-state index contributed by atoms with van der Waals surface area (Å²) in [4.78, 5) is 12.8. The quantitative estimate of drug-likeness (QED) is 0.525. The van der Waals surface area contributed by atoms with Crippen LogP contribution in [0.1, 0.15) is 22.6 Å². The fraction of sp³-hybridized carbons (Fsp3) is 0.0952. The molecule has 0 radical (unpaired) electrons. The molecule has 25 heavy (non-hydrogen) atoms. The molecule has 0 heterocycles. The summed E-state index contributed by atoms with van der Waals surface area (Å²) in [7, 11) is 0. The van der Waals surface area contributed by atoms with Crippen LogP contribution in [0.4, 0.5) is 0 Å². The van der Waals surface area contributed by atoms with Gasteiger partial charge in [0.15, 0.2) is 0 Å². The minimum atomic E-state index is -0.497. The Morgan fingerprint density at radius 1 is 0.760 bits per heavy atom. The number of hydrogen-bond acceptors (Lipinski definition) is 2. The molecular weight excluding hydrogens is 355 g/mol. The van der Waals surface area contributed by atoms with E-state index in [0.29, 0.717) is 15.6 Å². The Balaban J connectivity index is 1.85. The molecule has 0 bridgehead atoms. The standard InChI is InChI=1S/C21H16Cl2O2/c22-18-12-7-13-19(23)17(18)14-25-21(24)20(15-8-3-1-4-9-15)16-10-5-2-6-11-16/h1-13,20H,14H2. The van der Waals surface area contributed by atoms with E-state index in [-0.39, 0.29) is 12.6 Å². The summed E-state index contributed by atoms with van der Waals surface area (Å²) >= 11 is 12.3. The third-order valence-corrected chi connectivity index (χ3v) is 4.63. The lowest BCUT2D eigenvalue weighted by Crippen LogP contribution is -2.17. The SMILES string of the molecule is O=C(OCc1c(Cl)cccc1Cl)C(c1ccccc1)c1ccccc1. The summed E-state index contributed by atoms with van der Waals surface area (Å²) < 4.78 is 5.55. The first-order valence-corrected chi connectivity index (χ1v) is 8.62. The minimum Gasteiger partial charge on any atom is -0.460 e. The van der Waals surface area contributed by atoms with E-state index >= 15 is 0 Å². The number of esters is 1.